The molecule has 8 nitrogen and oxygen atoms in total. The van der Waals surface area contributed by atoms with Crippen LogP contribution in [0.1, 0.15) is 120 Å². The van der Waals surface area contributed by atoms with Crippen LogP contribution in [-0.4, -0.2) is 74.4 Å². The summed E-state index contributed by atoms with van der Waals surface area (Å²) >= 11 is 0. The van der Waals surface area contributed by atoms with E-state index >= 15 is 8.78 Å². The molecule has 0 aromatic rings. The molecule has 0 bridgehead atoms. The quantitative estimate of drug-likeness (QED) is 0.305. The van der Waals surface area contributed by atoms with E-state index in [9.17, 15) is 29.4 Å². The van der Waals surface area contributed by atoms with Crippen molar-refractivity contribution < 1.29 is 47.6 Å². The number of Topliss-reactive ketones (excluding diaryl/α,β-unsaturated/α-hetero) is 2. The van der Waals surface area contributed by atoms with Gasteiger partial charge in [0.05, 0.1) is 12.2 Å². The molecule has 6 unspecified atom stereocenters. The number of rotatable bonds is 2. The molecule has 9 aliphatic rings. The van der Waals surface area contributed by atoms with Crippen LogP contribution in [0.15, 0.2) is 35.5 Å². The first-order valence-electron chi connectivity index (χ1n) is 20.8. The first-order chi connectivity index (χ1) is 25.5. The average Bonchev–Trinajstić information content (AvgIpc) is 3.63. The number of allylic oxidation sites excluding steroid dienone is 5. The van der Waals surface area contributed by atoms with Crippen LogP contribution in [0.2, 0.25) is 0 Å². The molecule has 55 heavy (non-hydrogen) atoms. The molecule has 1 aliphatic heterocycles. The Bertz CT molecular complexity index is 1820. The molecule has 0 aromatic carbocycles. The number of ketones is 4. The van der Waals surface area contributed by atoms with Crippen molar-refractivity contribution in [3.63, 3.8) is 0 Å². The van der Waals surface area contributed by atoms with E-state index in [1.165, 1.54) is 31.6 Å². The fraction of sp³-hybridized carbons (Fsp3) is 0.778. The van der Waals surface area contributed by atoms with E-state index < -0.39 is 69.6 Å². The number of hydrogen-bond donors (Lipinski definition) is 2. The number of fused-ring (bicyclic) bond motifs is 12. The summed E-state index contributed by atoms with van der Waals surface area (Å²) in [6, 6.07) is 0. The van der Waals surface area contributed by atoms with E-state index in [0.29, 0.717) is 38.0 Å². The predicted octanol–water partition coefficient (Wildman–Crippen LogP) is 7.09. The Hall–Kier alpha value is -2.40. The number of carbonyl (C=O) groups is 4. The van der Waals surface area contributed by atoms with Crippen LogP contribution in [0.25, 0.3) is 0 Å². The van der Waals surface area contributed by atoms with Crippen LogP contribution >= 0.6 is 0 Å². The van der Waals surface area contributed by atoms with Gasteiger partial charge in [-0.05, 0) is 144 Å². The van der Waals surface area contributed by atoms with Gasteiger partial charge in [0.2, 0.25) is 0 Å². The zero-order valence-electron chi connectivity index (χ0n) is 33.8. The second-order valence-electron chi connectivity index (χ2n) is 20.3. The van der Waals surface area contributed by atoms with Crippen molar-refractivity contribution in [2.24, 2.45) is 57.7 Å². The molecule has 10 heteroatoms. The smallest absolute Gasteiger partial charge is 0.178 e. The maximum Gasteiger partial charge on any atom is 0.178 e. The van der Waals surface area contributed by atoms with Gasteiger partial charge in [0, 0.05) is 29.1 Å². The highest BCUT2D eigenvalue weighted by molar-refractivity contribution is 6.01. The van der Waals surface area contributed by atoms with Gasteiger partial charge in [-0.1, -0.05) is 39.3 Å². The SMILES string of the molecule is CC(=O)[C@@]1(O)CCC2C3CCC4=CC(=O)CC[C@]4(C)C3[C@@H](O)C[C@@]21C.CC(=O)[C@@]12OC(C)(C)O[C@@H]1CC1C3C[C@H](F)C4=CC(=O)C=CC4[C@@]3(F)[C@@H](C)C[C@@]12C. The Kier molecular flexibility index (Phi) is 8.82. The number of alkyl halides is 2. The van der Waals surface area contributed by atoms with Crippen molar-refractivity contribution in [1.82, 2.24) is 0 Å². The maximum absolute atomic E-state index is 17.0. The minimum absolute atomic E-state index is 0.0225. The van der Waals surface area contributed by atoms with Gasteiger partial charge < -0.3 is 19.7 Å². The average molecular weight is 767 g/mol. The Morgan fingerprint density at radius 3 is 2.27 bits per heavy atom. The topological polar surface area (TPSA) is 127 Å². The highest BCUT2D eigenvalue weighted by Gasteiger charge is 2.78. The monoisotopic (exact) mass is 766 g/mol. The number of halogens is 2. The molecule has 0 radical (unpaired) electrons. The minimum Gasteiger partial charge on any atom is -0.393 e. The Labute approximate surface area is 323 Å². The van der Waals surface area contributed by atoms with Gasteiger partial charge in [0.1, 0.15) is 17.4 Å². The predicted molar refractivity (Wildman–Crippen MR) is 200 cm³/mol. The van der Waals surface area contributed by atoms with Crippen LogP contribution in [0, 0.1) is 57.7 Å². The van der Waals surface area contributed by atoms with E-state index in [1.54, 1.807) is 19.9 Å². The first kappa shape index (κ1) is 39.4. The van der Waals surface area contributed by atoms with Gasteiger partial charge in [-0.25, -0.2) is 8.78 Å². The van der Waals surface area contributed by atoms with Crippen LogP contribution in [0.3, 0.4) is 0 Å². The van der Waals surface area contributed by atoms with Crippen molar-refractivity contribution in [3.05, 3.63) is 35.5 Å². The van der Waals surface area contributed by atoms with Crippen LogP contribution < -0.4 is 0 Å². The molecule has 302 valence electrons. The fourth-order valence-corrected chi connectivity index (χ4v) is 15.3. The van der Waals surface area contributed by atoms with Crippen LogP contribution in [-0.2, 0) is 28.7 Å². The summed E-state index contributed by atoms with van der Waals surface area (Å²) in [5.74, 6) is -2.48. The lowest BCUT2D eigenvalue weighted by Gasteiger charge is -2.60. The molecule has 0 spiro atoms. The molecular weight excluding hydrogens is 706 g/mol. The molecule has 7 fully saturated rings. The van der Waals surface area contributed by atoms with Crippen molar-refractivity contribution in [1.29, 1.82) is 0 Å². The molecule has 0 aromatic heterocycles. The standard InChI is InChI=1S/C24H30F2O4.C21H30O4/c1-12-11-22(5)17(10-20-24(22,13(2)27)30-21(3,4)29-20)18-9-19(25)15-8-14(28)6-7-16(15)23(12,18)26;1-12(22)21(25)9-7-16-15-5-4-13-10-14(23)6-8-19(13,2)18(15)17(24)11-20(16,21)3/h6-8,12,16-20H,9-11H2,1-5H3;10,15-18,24-25H,4-9,11H2,1-3H3/t12-,16?,17?,18?,19-,20+,22-,23-,24+;15?,16?,17-,18?,19-,20-,21-/m00/s1. The van der Waals surface area contributed by atoms with Gasteiger partial charge in [-0.15, -0.1) is 0 Å². The molecule has 6 saturated carbocycles. The summed E-state index contributed by atoms with van der Waals surface area (Å²) < 4.78 is 44.7. The van der Waals surface area contributed by atoms with Crippen molar-refractivity contribution in [2.75, 3.05) is 0 Å². The molecule has 8 aliphatic carbocycles. The van der Waals surface area contributed by atoms with Gasteiger partial charge in [0.25, 0.3) is 0 Å². The zero-order valence-corrected chi connectivity index (χ0v) is 33.8. The molecular formula is C45H60F2O8. The van der Waals surface area contributed by atoms with Crippen LogP contribution in [0.5, 0.6) is 0 Å². The summed E-state index contributed by atoms with van der Waals surface area (Å²) in [7, 11) is 0. The zero-order chi connectivity index (χ0) is 40.1. The summed E-state index contributed by atoms with van der Waals surface area (Å²) in [5.41, 5.74) is -3.93. The number of aliphatic hydroxyl groups excluding tert-OH is 1. The number of hydrogen-bond acceptors (Lipinski definition) is 8. The van der Waals surface area contributed by atoms with E-state index in [-0.39, 0.29) is 58.3 Å². The number of ether oxygens (including phenoxy) is 2. The van der Waals surface area contributed by atoms with E-state index in [1.807, 2.05) is 26.8 Å². The van der Waals surface area contributed by atoms with Crippen LogP contribution in [0.4, 0.5) is 8.78 Å². The summed E-state index contributed by atoms with van der Waals surface area (Å²) in [6.07, 6.45) is 9.70. The van der Waals surface area contributed by atoms with Gasteiger partial charge >= 0.3 is 0 Å². The number of aliphatic hydroxyl groups is 2. The van der Waals surface area contributed by atoms with E-state index in [0.717, 1.165) is 25.7 Å². The lowest BCUT2D eigenvalue weighted by atomic mass is 9.45. The first-order valence-corrected chi connectivity index (χ1v) is 20.8. The molecule has 2 N–H and O–H groups in total. The minimum atomic E-state index is -1.66. The van der Waals surface area contributed by atoms with Crippen molar-refractivity contribution in [2.45, 2.75) is 161 Å². The van der Waals surface area contributed by atoms with E-state index in [4.69, 9.17) is 9.47 Å². The second-order valence-corrected chi connectivity index (χ2v) is 20.3. The highest BCUT2D eigenvalue weighted by Crippen LogP contribution is 2.72. The summed E-state index contributed by atoms with van der Waals surface area (Å²) in [4.78, 5) is 49.0. The third-order valence-electron chi connectivity index (χ3n) is 17.5. The normalized spacial score (nSPS) is 52.8. The Morgan fingerprint density at radius 2 is 1.60 bits per heavy atom. The Morgan fingerprint density at radius 1 is 0.891 bits per heavy atom. The molecule has 0 amide bonds. The van der Waals surface area contributed by atoms with Gasteiger partial charge in [0.15, 0.2) is 34.5 Å². The fourth-order valence-electron chi connectivity index (χ4n) is 15.3. The third kappa shape index (κ3) is 5.05. The number of carbonyl (C=O) groups excluding carboxylic acids is 4. The Balaban J connectivity index is 0.000000158. The van der Waals surface area contributed by atoms with Crippen molar-refractivity contribution in [3.8, 4) is 0 Å². The lowest BCUT2D eigenvalue weighted by Crippen LogP contribution is -2.65. The van der Waals surface area contributed by atoms with E-state index in [2.05, 4.69) is 6.92 Å². The largest absolute Gasteiger partial charge is 0.393 e. The third-order valence-corrected chi connectivity index (χ3v) is 17.5. The second kappa shape index (κ2) is 12.3. The summed E-state index contributed by atoms with van der Waals surface area (Å²) in [6.45, 7) is 14.7. The molecule has 1 heterocycles. The summed E-state index contributed by atoms with van der Waals surface area (Å²) in [5, 5.41) is 22.3. The highest BCUT2D eigenvalue weighted by atomic mass is 19.1. The molecule has 9 rings (SSSR count). The lowest BCUT2D eigenvalue weighted by molar-refractivity contribution is -0.229. The maximum atomic E-state index is 17.0. The van der Waals surface area contributed by atoms with Gasteiger partial charge in [-0.3, -0.25) is 19.2 Å². The molecule has 1 saturated heterocycles. The van der Waals surface area contributed by atoms with Crippen molar-refractivity contribution >= 4 is 23.1 Å². The molecule has 16 atom stereocenters. The van der Waals surface area contributed by atoms with Gasteiger partial charge in [-0.2, -0.15) is 0 Å².